The molecule has 3 aromatic rings. The van der Waals surface area contributed by atoms with Gasteiger partial charge < -0.3 is 9.84 Å². The summed E-state index contributed by atoms with van der Waals surface area (Å²) in [4.78, 5) is 11.3. The molecular weight excluding hydrogens is 323 g/mol. The molecule has 1 aromatic heterocycles. The predicted octanol–water partition coefficient (Wildman–Crippen LogP) is 3.58. The van der Waals surface area contributed by atoms with Crippen LogP contribution < -0.4 is 4.74 Å². The molecule has 0 aliphatic carbocycles. The molecule has 0 amide bonds. The molecule has 0 aliphatic heterocycles. The third-order valence-corrected chi connectivity index (χ3v) is 3.92. The van der Waals surface area contributed by atoms with Crippen molar-refractivity contribution in [3.8, 4) is 5.75 Å². The van der Waals surface area contributed by atoms with Crippen LogP contribution in [0.5, 0.6) is 5.75 Å². The van der Waals surface area contributed by atoms with Gasteiger partial charge in [-0.3, -0.25) is 4.68 Å². The minimum absolute atomic E-state index is 0.275. The van der Waals surface area contributed by atoms with E-state index in [1.165, 1.54) is 16.9 Å². The predicted molar refractivity (Wildman–Crippen MR) is 83.8 cm³/mol. The molecule has 7 heteroatoms. The lowest BCUT2D eigenvalue weighted by Crippen LogP contribution is -2.04. The van der Waals surface area contributed by atoms with Gasteiger partial charge >= 0.3 is 5.97 Å². The molecule has 3 rings (SSSR count). The Kier molecular flexibility index (Phi) is 3.92. The monoisotopic (exact) mass is 334 g/mol. The summed E-state index contributed by atoms with van der Waals surface area (Å²) in [6.07, 6.45) is 1.38. The van der Waals surface area contributed by atoms with E-state index < -0.39 is 16.8 Å². The number of halogens is 2. The second-order valence-electron chi connectivity index (χ2n) is 4.94. The van der Waals surface area contributed by atoms with Crippen LogP contribution in [0.2, 0.25) is 5.02 Å². The van der Waals surface area contributed by atoms with Crippen LogP contribution in [0.3, 0.4) is 0 Å². The third kappa shape index (κ3) is 2.73. The van der Waals surface area contributed by atoms with Crippen LogP contribution in [0.4, 0.5) is 4.39 Å². The number of fused-ring (bicyclic) bond motifs is 1. The second-order valence-corrected chi connectivity index (χ2v) is 5.31. The van der Waals surface area contributed by atoms with E-state index in [1.807, 2.05) is 12.1 Å². The highest BCUT2D eigenvalue weighted by atomic mass is 35.5. The summed E-state index contributed by atoms with van der Waals surface area (Å²) in [6.45, 7) is 0.369. The van der Waals surface area contributed by atoms with Crippen molar-refractivity contribution in [1.82, 2.24) is 9.78 Å². The first-order valence-corrected chi connectivity index (χ1v) is 7.09. The topological polar surface area (TPSA) is 64.4 Å². The van der Waals surface area contributed by atoms with Gasteiger partial charge in [0.2, 0.25) is 0 Å². The van der Waals surface area contributed by atoms with Crippen molar-refractivity contribution in [3.05, 3.63) is 58.5 Å². The fourth-order valence-corrected chi connectivity index (χ4v) is 2.64. The molecule has 23 heavy (non-hydrogen) atoms. The van der Waals surface area contributed by atoms with Gasteiger partial charge in [-0.1, -0.05) is 23.7 Å². The lowest BCUT2D eigenvalue weighted by Gasteiger charge is -2.07. The van der Waals surface area contributed by atoms with E-state index in [1.54, 1.807) is 19.2 Å². The molecule has 0 aliphatic rings. The zero-order valence-electron chi connectivity index (χ0n) is 12.1. The van der Waals surface area contributed by atoms with Crippen molar-refractivity contribution in [3.63, 3.8) is 0 Å². The fraction of sp³-hybridized carbons (Fsp3) is 0.125. The van der Waals surface area contributed by atoms with Gasteiger partial charge in [-0.2, -0.15) is 5.10 Å². The summed E-state index contributed by atoms with van der Waals surface area (Å²) in [6, 6.07) is 8.52. The maximum Gasteiger partial charge on any atom is 0.338 e. The van der Waals surface area contributed by atoms with Crippen LogP contribution in [-0.4, -0.2) is 28.0 Å². The molecule has 0 saturated heterocycles. The molecule has 0 spiro atoms. The van der Waals surface area contributed by atoms with Gasteiger partial charge in [-0.15, -0.1) is 0 Å². The van der Waals surface area contributed by atoms with E-state index in [9.17, 15) is 14.3 Å². The van der Waals surface area contributed by atoms with E-state index in [0.717, 1.165) is 11.3 Å². The van der Waals surface area contributed by atoms with Crippen molar-refractivity contribution in [2.75, 3.05) is 7.11 Å². The Morgan fingerprint density at radius 1 is 1.39 bits per heavy atom. The van der Waals surface area contributed by atoms with Gasteiger partial charge in [0.25, 0.3) is 0 Å². The van der Waals surface area contributed by atoms with Gasteiger partial charge in [-0.05, 0) is 17.7 Å². The Hall–Kier alpha value is -2.60. The zero-order valence-corrected chi connectivity index (χ0v) is 12.8. The number of carboxylic acid groups (broad SMARTS) is 1. The molecule has 118 valence electrons. The van der Waals surface area contributed by atoms with Gasteiger partial charge in [0.05, 0.1) is 36.0 Å². The highest BCUT2D eigenvalue weighted by molar-refractivity contribution is 6.35. The molecule has 0 atom stereocenters. The lowest BCUT2D eigenvalue weighted by atomic mass is 10.1. The quantitative estimate of drug-likeness (QED) is 0.792. The number of ether oxygens (including phenoxy) is 1. The number of hydrogen-bond donors (Lipinski definition) is 1. The molecule has 1 heterocycles. The molecule has 0 bridgehead atoms. The average Bonchev–Trinajstić information content (AvgIpc) is 2.91. The van der Waals surface area contributed by atoms with Crippen molar-refractivity contribution in [1.29, 1.82) is 0 Å². The van der Waals surface area contributed by atoms with Gasteiger partial charge in [-0.25, -0.2) is 9.18 Å². The highest BCUT2D eigenvalue weighted by Crippen LogP contribution is 2.29. The van der Waals surface area contributed by atoms with Crippen LogP contribution in [-0.2, 0) is 6.54 Å². The van der Waals surface area contributed by atoms with E-state index in [-0.39, 0.29) is 5.56 Å². The molecule has 0 radical (unpaired) electrons. The maximum atomic E-state index is 13.9. The third-order valence-electron chi connectivity index (χ3n) is 3.55. The van der Waals surface area contributed by atoms with E-state index in [4.69, 9.17) is 16.3 Å². The van der Waals surface area contributed by atoms with E-state index in [0.29, 0.717) is 17.4 Å². The van der Waals surface area contributed by atoms with Gasteiger partial charge in [0.15, 0.2) is 0 Å². The zero-order chi connectivity index (χ0) is 16.6. The maximum absolute atomic E-state index is 13.9. The van der Waals surface area contributed by atoms with Gasteiger partial charge in [0.1, 0.15) is 11.6 Å². The summed E-state index contributed by atoms with van der Waals surface area (Å²) in [5, 5.41) is 13.3. The fourth-order valence-electron chi connectivity index (χ4n) is 2.40. The normalized spacial score (nSPS) is 10.9. The number of rotatable bonds is 4. The molecule has 1 N–H and O–H groups in total. The Labute approximate surface area is 135 Å². The highest BCUT2D eigenvalue weighted by Gasteiger charge is 2.20. The van der Waals surface area contributed by atoms with Crippen molar-refractivity contribution >= 4 is 28.5 Å². The van der Waals surface area contributed by atoms with Crippen molar-refractivity contribution in [2.24, 2.45) is 0 Å². The summed E-state index contributed by atoms with van der Waals surface area (Å²) in [5.41, 5.74) is 1.02. The number of carboxylic acids is 1. The summed E-state index contributed by atoms with van der Waals surface area (Å²) < 4.78 is 20.5. The minimum Gasteiger partial charge on any atom is -0.497 e. The number of benzene rings is 2. The van der Waals surface area contributed by atoms with Gasteiger partial charge in [0, 0.05) is 11.5 Å². The van der Waals surface area contributed by atoms with Crippen LogP contribution in [0.15, 0.2) is 36.5 Å². The summed E-state index contributed by atoms with van der Waals surface area (Å²) in [5.74, 6) is -1.35. The van der Waals surface area contributed by atoms with E-state index in [2.05, 4.69) is 5.10 Å². The number of carbonyl (C=O) groups is 1. The first kappa shape index (κ1) is 15.3. The van der Waals surface area contributed by atoms with Crippen molar-refractivity contribution in [2.45, 2.75) is 6.54 Å². The van der Waals surface area contributed by atoms with Crippen molar-refractivity contribution < 1.29 is 19.0 Å². The Morgan fingerprint density at radius 3 is 2.70 bits per heavy atom. The van der Waals surface area contributed by atoms with Crippen LogP contribution in [0.1, 0.15) is 15.9 Å². The number of aromatic carboxylic acids is 1. The number of methoxy groups -OCH3 is 1. The first-order chi connectivity index (χ1) is 11.0. The molecule has 0 saturated carbocycles. The number of nitrogens with zero attached hydrogens (tertiary/aromatic N) is 2. The van der Waals surface area contributed by atoms with Crippen LogP contribution in [0.25, 0.3) is 10.9 Å². The van der Waals surface area contributed by atoms with Crippen LogP contribution in [0, 0.1) is 5.82 Å². The first-order valence-electron chi connectivity index (χ1n) is 6.71. The summed E-state index contributed by atoms with van der Waals surface area (Å²) >= 11 is 5.76. The molecule has 5 nitrogen and oxygen atoms in total. The molecular formula is C16H12ClFN2O3. The molecule has 2 aromatic carbocycles. The smallest absolute Gasteiger partial charge is 0.338 e. The largest absolute Gasteiger partial charge is 0.497 e. The molecule has 0 unspecified atom stereocenters. The standard InChI is InChI=1S/C16H12ClFN2O3/c1-23-10-4-2-9(3-5-10)8-20-13-6-12(18)15(17)14(16(21)22)11(13)7-19-20/h2-7H,8H2,1H3,(H,21,22). The average molecular weight is 335 g/mol. The Balaban J connectivity index is 2.06. The lowest BCUT2D eigenvalue weighted by molar-refractivity contribution is 0.0698. The Bertz CT molecular complexity index is 890. The second kappa shape index (κ2) is 5.89. The SMILES string of the molecule is COc1ccc(Cn2ncc3c(C(=O)O)c(Cl)c(F)cc32)cc1. The number of aromatic nitrogens is 2. The summed E-state index contributed by atoms with van der Waals surface area (Å²) in [7, 11) is 1.58. The van der Waals surface area contributed by atoms with E-state index >= 15 is 0 Å². The minimum atomic E-state index is -1.29. The number of hydrogen-bond acceptors (Lipinski definition) is 3. The van der Waals surface area contributed by atoms with Crippen LogP contribution >= 0.6 is 11.6 Å². The Morgan fingerprint density at radius 2 is 2.09 bits per heavy atom. The molecule has 0 fully saturated rings.